The summed E-state index contributed by atoms with van der Waals surface area (Å²) in [6.07, 6.45) is 7.62. The lowest BCUT2D eigenvalue weighted by molar-refractivity contribution is 0.790. The first kappa shape index (κ1) is 37.6. The summed E-state index contributed by atoms with van der Waals surface area (Å²) in [5, 5.41) is 4.80. The predicted molar refractivity (Wildman–Crippen MR) is 265 cm³/mol. The fourth-order valence-corrected chi connectivity index (χ4v) is 10.1. The molecular weight excluding hydrogens is 779 g/mol. The minimum atomic E-state index is 0.169. The van der Waals surface area contributed by atoms with E-state index in [9.17, 15) is 0 Å². The van der Waals surface area contributed by atoms with E-state index in [0.717, 1.165) is 67.7 Å². The van der Waals surface area contributed by atoms with Crippen LogP contribution in [0.4, 0.5) is 0 Å². The summed E-state index contributed by atoms with van der Waals surface area (Å²) in [5.74, 6) is 2.00. The molecule has 0 spiro atoms. The van der Waals surface area contributed by atoms with Crippen LogP contribution in [0.2, 0.25) is 0 Å². The number of nitrogens with zero attached hydrogens (tertiary/aromatic N) is 5. The Bertz CT molecular complexity index is 3570. The lowest BCUT2D eigenvalue weighted by atomic mass is 9.84. The van der Waals surface area contributed by atoms with Gasteiger partial charge in [0.05, 0.1) is 33.4 Å². The maximum atomic E-state index is 5.65. The van der Waals surface area contributed by atoms with Gasteiger partial charge in [-0.05, 0) is 73.4 Å². The molecule has 0 amide bonds. The molecule has 3 heterocycles. The van der Waals surface area contributed by atoms with Crippen molar-refractivity contribution in [2.75, 3.05) is 0 Å². The maximum absolute atomic E-state index is 5.65. The highest BCUT2D eigenvalue weighted by molar-refractivity contribution is 6.11. The van der Waals surface area contributed by atoms with Gasteiger partial charge in [0.1, 0.15) is 0 Å². The standard InChI is InChI=1S/C59H43N5/c1-38-20-6-8-24-41(38)47-30-18-32-49(55(47)63-51-34-14-10-26-43(51)44-27-11-15-35-52(44)63)58-60-57(40-22-4-3-5-23-40)61-59(62-58)50-33-19-31-48(42-25-9-7-21-39(42)2)56(50)64-53-36-16-12-28-45(53)46-29-13-17-37-54(46)64/h3-24,26-37,42H,25H2,1-2H3. The molecule has 0 saturated carbocycles. The number of hydrogen-bond acceptors (Lipinski definition) is 3. The Morgan fingerprint density at radius 1 is 0.406 bits per heavy atom. The zero-order valence-electron chi connectivity index (χ0n) is 35.7. The molecule has 5 nitrogen and oxygen atoms in total. The number of rotatable bonds is 7. The number of fused-ring (bicyclic) bond motifs is 6. The molecule has 12 rings (SSSR count). The van der Waals surface area contributed by atoms with E-state index in [4.69, 9.17) is 15.0 Å². The number of allylic oxidation sites excluding steroid dienone is 4. The van der Waals surface area contributed by atoms with Gasteiger partial charge in [0.25, 0.3) is 0 Å². The normalized spacial score (nSPS) is 13.9. The summed E-state index contributed by atoms with van der Waals surface area (Å²) >= 11 is 0. The summed E-state index contributed by atoms with van der Waals surface area (Å²) in [4.78, 5) is 16.5. The van der Waals surface area contributed by atoms with Gasteiger partial charge >= 0.3 is 0 Å². The quantitative estimate of drug-likeness (QED) is 0.161. The maximum Gasteiger partial charge on any atom is 0.166 e. The molecule has 0 saturated heterocycles. The first-order chi connectivity index (χ1) is 31.6. The minimum absolute atomic E-state index is 0.169. The first-order valence-corrected chi connectivity index (χ1v) is 22.1. The van der Waals surface area contributed by atoms with E-state index in [1.54, 1.807) is 0 Å². The minimum Gasteiger partial charge on any atom is -0.308 e. The zero-order chi connectivity index (χ0) is 42.7. The second kappa shape index (κ2) is 15.3. The van der Waals surface area contributed by atoms with E-state index >= 15 is 0 Å². The second-order valence-corrected chi connectivity index (χ2v) is 16.8. The fourth-order valence-electron chi connectivity index (χ4n) is 10.1. The Morgan fingerprint density at radius 2 is 0.859 bits per heavy atom. The molecule has 1 aliphatic rings. The van der Waals surface area contributed by atoms with E-state index in [1.165, 1.54) is 38.2 Å². The van der Waals surface area contributed by atoms with Crippen LogP contribution in [-0.2, 0) is 0 Å². The highest BCUT2D eigenvalue weighted by Crippen LogP contribution is 2.45. The molecule has 11 aromatic rings. The van der Waals surface area contributed by atoms with Crippen LogP contribution in [0.1, 0.15) is 30.4 Å². The molecule has 1 atom stereocenters. The molecular formula is C59H43N5. The van der Waals surface area contributed by atoms with Crippen LogP contribution in [0.15, 0.2) is 212 Å². The van der Waals surface area contributed by atoms with Crippen LogP contribution in [0.25, 0.3) is 100 Å². The smallest absolute Gasteiger partial charge is 0.166 e. The van der Waals surface area contributed by atoms with Crippen molar-refractivity contribution >= 4 is 43.6 Å². The van der Waals surface area contributed by atoms with Gasteiger partial charge in [-0.1, -0.05) is 175 Å². The molecule has 1 unspecified atom stereocenters. The van der Waals surface area contributed by atoms with E-state index in [-0.39, 0.29) is 5.92 Å². The molecule has 8 aromatic carbocycles. The highest BCUT2D eigenvalue weighted by atomic mass is 15.1. The van der Waals surface area contributed by atoms with Crippen molar-refractivity contribution in [1.82, 2.24) is 24.1 Å². The lowest BCUT2D eigenvalue weighted by Gasteiger charge is -2.25. The Morgan fingerprint density at radius 3 is 1.44 bits per heavy atom. The molecule has 0 radical (unpaired) electrons. The van der Waals surface area contributed by atoms with Crippen molar-refractivity contribution in [2.24, 2.45) is 0 Å². The van der Waals surface area contributed by atoms with Gasteiger partial charge in [-0.15, -0.1) is 0 Å². The van der Waals surface area contributed by atoms with Crippen LogP contribution >= 0.6 is 0 Å². The van der Waals surface area contributed by atoms with Gasteiger partial charge in [-0.3, -0.25) is 0 Å². The molecule has 1 aliphatic carbocycles. The Balaban J connectivity index is 1.20. The van der Waals surface area contributed by atoms with Gasteiger partial charge in [0, 0.05) is 49.7 Å². The molecule has 0 aliphatic heterocycles. The average Bonchev–Trinajstić information content (AvgIpc) is 3.87. The molecule has 3 aromatic heterocycles. The van der Waals surface area contributed by atoms with Crippen molar-refractivity contribution in [3.8, 4) is 56.7 Å². The van der Waals surface area contributed by atoms with Crippen LogP contribution in [-0.4, -0.2) is 24.1 Å². The van der Waals surface area contributed by atoms with E-state index < -0.39 is 0 Å². The van der Waals surface area contributed by atoms with Gasteiger partial charge < -0.3 is 9.13 Å². The molecule has 64 heavy (non-hydrogen) atoms. The van der Waals surface area contributed by atoms with Crippen LogP contribution in [0.3, 0.4) is 0 Å². The first-order valence-electron chi connectivity index (χ1n) is 22.1. The molecule has 0 fully saturated rings. The van der Waals surface area contributed by atoms with E-state index in [1.807, 2.05) is 6.07 Å². The third kappa shape index (κ3) is 6.04. The number of hydrogen-bond donors (Lipinski definition) is 0. The van der Waals surface area contributed by atoms with Gasteiger partial charge in [-0.25, -0.2) is 15.0 Å². The van der Waals surface area contributed by atoms with Gasteiger partial charge in [0.2, 0.25) is 0 Å². The van der Waals surface area contributed by atoms with E-state index in [0.29, 0.717) is 17.5 Å². The van der Waals surface area contributed by atoms with Crippen molar-refractivity contribution in [3.63, 3.8) is 0 Å². The number of benzene rings is 8. The topological polar surface area (TPSA) is 48.5 Å². The van der Waals surface area contributed by atoms with E-state index in [2.05, 4.69) is 223 Å². The molecule has 0 bridgehead atoms. The predicted octanol–water partition coefficient (Wildman–Crippen LogP) is 15.0. The van der Waals surface area contributed by atoms with Crippen molar-refractivity contribution in [3.05, 3.63) is 223 Å². The highest BCUT2D eigenvalue weighted by Gasteiger charge is 2.28. The Kier molecular flexibility index (Phi) is 9.01. The summed E-state index contributed by atoms with van der Waals surface area (Å²) in [6, 6.07) is 67.1. The van der Waals surface area contributed by atoms with Gasteiger partial charge in [-0.2, -0.15) is 0 Å². The molecule has 0 N–H and O–H groups in total. The van der Waals surface area contributed by atoms with Crippen molar-refractivity contribution < 1.29 is 0 Å². The monoisotopic (exact) mass is 821 g/mol. The van der Waals surface area contributed by atoms with Crippen LogP contribution < -0.4 is 0 Å². The number of para-hydroxylation sites is 6. The van der Waals surface area contributed by atoms with Crippen molar-refractivity contribution in [1.29, 1.82) is 0 Å². The Labute approximate surface area is 372 Å². The fraction of sp³-hybridized carbons (Fsp3) is 0.0678. The third-order valence-corrected chi connectivity index (χ3v) is 13.1. The van der Waals surface area contributed by atoms with Gasteiger partial charge in [0.15, 0.2) is 17.5 Å². The number of aryl methyl sites for hydroxylation is 1. The SMILES string of the molecule is CC1=CC=CCC1c1cccc(-c2nc(-c3ccccc3)nc(-c3cccc(-c4ccccc4C)c3-n3c4ccccc4c4ccccc43)n2)c1-n1c2ccccc2c2ccccc21. The summed E-state index contributed by atoms with van der Waals surface area (Å²) < 4.78 is 4.87. The van der Waals surface area contributed by atoms with Crippen LogP contribution in [0.5, 0.6) is 0 Å². The largest absolute Gasteiger partial charge is 0.308 e. The molecule has 5 heteroatoms. The number of aromatic nitrogens is 5. The summed E-state index contributed by atoms with van der Waals surface area (Å²) in [5.41, 5.74) is 15.4. The summed E-state index contributed by atoms with van der Waals surface area (Å²) in [6.45, 7) is 4.44. The summed E-state index contributed by atoms with van der Waals surface area (Å²) in [7, 11) is 0. The second-order valence-electron chi connectivity index (χ2n) is 16.8. The average molecular weight is 822 g/mol. The van der Waals surface area contributed by atoms with Crippen molar-refractivity contribution in [2.45, 2.75) is 26.2 Å². The van der Waals surface area contributed by atoms with Crippen LogP contribution in [0, 0.1) is 6.92 Å². The molecule has 304 valence electrons. The Hall–Kier alpha value is -8.15. The zero-order valence-corrected chi connectivity index (χ0v) is 35.7. The lowest BCUT2D eigenvalue weighted by Crippen LogP contribution is -2.11. The third-order valence-electron chi connectivity index (χ3n) is 13.1.